The van der Waals surface area contributed by atoms with E-state index in [4.69, 9.17) is 4.52 Å². The zero-order valence-electron chi connectivity index (χ0n) is 9.11. The Morgan fingerprint density at radius 3 is 2.80 bits per heavy atom. The highest BCUT2D eigenvalue weighted by atomic mass is 16.5. The fraction of sp³-hybridized carbons (Fsp3) is 0.400. The summed E-state index contributed by atoms with van der Waals surface area (Å²) in [5.41, 5.74) is 2.02. The summed E-state index contributed by atoms with van der Waals surface area (Å²) >= 11 is 0. The molecule has 0 atom stereocenters. The van der Waals surface area contributed by atoms with E-state index in [1.807, 2.05) is 31.7 Å². The van der Waals surface area contributed by atoms with Crippen molar-refractivity contribution in [1.29, 1.82) is 0 Å². The van der Waals surface area contributed by atoms with Crippen LogP contribution in [0.15, 0.2) is 16.9 Å². The molecule has 0 fully saturated rings. The van der Waals surface area contributed by atoms with Crippen molar-refractivity contribution in [2.75, 3.05) is 5.32 Å². The molecule has 0 saturated carbocycles. The lowest BCUT2D eigenvalue weighted by Gasteiger charge is -2.04. The summed E-state index contributed by atoms with van der Waals surface area (Å²) in [6, 6.07) is 0. The Bertz CT molecular complexity index is 438. The molecule has 0 amide bonds. The highest BCUT2D eigenvalue weighted by Gasteiger charge is 2.09. The van der Waals surface area contributed by atoms with E-state index >= 15 is 0 Å². The van der Waals surface area contributed by atoms with Gasteiger partial charge in [-0.15, -0.1) is 0 Å². The molecule has 2 aromatic heterocycles. The van der Waals surface area contributed by atoms with Crippen molar-refractivity contribution in [3.8, 4) is 0 Å². The standard InChI is InChI=1S/C10H14N4O/c1-7-9(8(2)15-13-7)6-12-10-11-4-5-14(10)3/h4-5H,6H2,1-3H3,(H,11,12). The molecule has 5 heteroatoms. The molecule has 0 aliphatic rings. The van der Waals surface area contributed by atoms with Gasteiger partial charge in [0, 0.05) is 31.5 Å². The Morgan fingerprint density at radius 2 is 2.27 bits per heavy atom. The van der Waals surface area contributed by atoms with Gasteiger partial charge >= 0.3 is 0 Å². The van der Waals surface area contributed by atoms with E-state index in [2.05, 4.69) is 15.5 Å². The lowest BCUT2D eigenvalue weighted by molar-refractivity contribution is 0.392. The van der Waals surface area contributed by atoms with Crippen LogP contribution in [-0.4, -0.2) is 14.7 Å². The molecule has 1 N–H and O–H groups in total. The van der Waals surface area contributed by atoms with Gasteiger partial charge in [0.1, 0.15) is 5.76 Å². The van der Waals surface area contributed by atoms with Crippen molar-refractivity contribution in [3.05, 3.63) is 29.4 Å². The molecule has 15 heavy (non-hydrogen) atoms. The molecule has 2 heterocycles. The maximum Gasteiger partial charge on any atom is 0.202 e. The molecule has 0 saturated heterocycles. The monoisotopic (exact) mass is 206 g/mol. The van der Waals surface area contributed by atoms with Gasteiger partial charge in [0.15, 0.2) is 0 Å². The normalized spacial score (nSPS) is 10.6. The van der Waals surface area contributed by atoms with Crippen LogP contribution in [0.2, 0.25) is 0 Å². The molecular weight excluding hydrogens is 192 g/mol. The molecule has 80 valence electrons. The van der Waals surface area contributed by atoms with Crippen molar-refractivity contribution >= 4 is 5.95 Å². The minimum atomic E-state index is 0.687. The van der Waals surface area contributed by atoms with Gasteiger partial charge in [-0.05, 0) is 13.8 Å². The zero-order valence-corrected chi connectivity index (χ0v) is 9.11. The second kappa shape index (κ2) is 3.76. The number of imidazole rings is 1. The molecule has 5 nitrogen and oxygen atoms in total. The Balaban J connectivity index is 2.08. The van der Waals surface area contributed by atoms with Crippen molar-refractivity contribution in [3.63, 3.8) is 0 Å². The fourth-order valence-electron chi connectivity index (χ4n) is 1.46. The highest BCUT2D eigenvalue weighted by molar-refractivity contribution is 5.30. The molecule has 0 bridgehead atoms. The Hall–Kier alpha value is -1.78. The summed E-state index contributed by atoms with van der Waals surface area (Å²) in [5.74, 6) is 1.70. The first kappa shape index (κ1) is 9.76. The number of anilines is 1. The summed E-state index contributed by atoms with van der Waals surface area (Å²) in [4.78, 5) is 4.18. The molecule has 2 aromatic rings. The summed E-state index contributed by atoms with van der Waals surface area (Å²) in [6.07, 6.45) is 3.66. The first-order valence-corrected chi connectivity index (χ1v) is 4.81. The number of aromatic nitrogens is 3. The van der Waals surface area contributed by atoms with E-state index in [0.717, 1.165) is 23.0 Å². The van der Waals surface area contributed by atoms with E-state index < -0.39 is 0 Å². The van der Waals surface area contributed by atoms with Gasteiger partial charge in [-0.1, -0.05) is 5.16 Å². The highest BCUT2D eigenvalue weighted by Crippen LogP contribution is 2.13. The first-order chi connectivity index (χ1) is 7.18. The molecule has 0 aliphatic heterocycles. The minimum absolute atomic E-state index is 0.687. The van der Waals surface area contributed by atoms with Gasteiger partial charge in [-0.2, -0.15) is 0 Å². The van der Waals surface area contributed by atoms with E-state index in [1.54, 1.807) is 6.20 Å². The SMILES string of the molecule is Cc1noc(C)c1CNc1nccn1C. The van der Waals surface area contributed by atoms with Crippen LogP contribution in [0.25, 0.3) is 0 Å². The van der Waals surface area contributed by atoms with Gasteiger partial charge in [0.2, 0.25) is 5.95 Å². The third-order valence-electron chi connectivity index (χ3n) is 2.43. The smallest absolute Gasteiger partial charge is 0.202 e. The number of nitrogens with one attached hydrogen (secondary N) is 1. The van der Waals surface area contributed by atoms with Crippen LogP contribution >= 0.6 is 0 Å². The average Bonchev–Trinajstić information content (AvgIpc) is 2.73. The number of hydrogen-bond donors (Lipinski definition) is 1. The summed E-state index contributed by atoms with van der Waals surface area (Å²) in [5, 5.41) is 7.13. The minimum Gasteiger partial charge on any atom is -0.361 e. The van der Waals surface area contributed by atoms with Gasteiger partial charge in [-0.25, -0.2) is 4.98 Å². The second-order valence-corrected chi connectivity index (χ2v) is 3.52. The molecule has 0 unspecified atom stereocenters. The van der Waals surface area contributed by atoms with Crippen LogP contribution < -0.4 is 5.32 Å². The Morgan fingerprint density at radius 1 is 1.47 bits per heavy atom. The quantitative estimate of drug-likeness (QED) is 0.829. The zero-order chi connectivity index (χ0) is 10.8. The van der Waals surface area contributed by atoms with E-state index in [0.29, 0.717) is 6.54 Å². The van der Waals surface area contributed by atoms with Crippen molar-refractivity contribution in [2.24, 2.45) is 7.05 Å². The molecule has 0 spiro atoms. The van der Waals surface area contributed by atoms with Crippen LogP contribution in [0.4, 0.5) is 5.95 Å². The molecule has 2 rings (SSSR count). The third-order valence-corrected chi connectivity index (χ3v) is 2.43. The van der Waals surface area contributed by atoms with E-state index in [9.17, 15) is 0 Å². The molecule has 0 aromatic carbocycles. The van der Waals surface area contributed by atoms with Gasteiger partial charge in [-0.3, -0.25) is 0 Å². The predicted molar refractivity (Wildman–Crippen MR) is 56.5 cm³/mol. The maximum absolute atomic E-state index is 5.08. The second-order valence-electron chi connectivity index (χ2n) is 3.52. The topological polar surface area (TPSA) is 55.9 Å². The van der Waals surface area contributed by atoms with Crippen LogP contribution in [0.1, 0.15) is 17.0 Å². The van der Waals surface area contributed by atoms with Crippen molar-refractivity contribution in [2.45, 2.75) is 20.4 Å². The van der Waals surface area contributed by atoms with Gasteiger partial charge < -0.3 is 14.4 Å². The van der Waals surface area contributed by atoms with Crippen LogP contribution in [-0.2, 0) is 13.6 Å². The molecule has 0 radical (unpaired) electrons. The van der Waals surface area contributed by atoms with Crippen LogP contribution in [0.3, 0.4) is 0 Å². The van der Waals surface area contributed by atoms with E-state index in [1.165, 1.54) is 0 Å². The number of nitrogens with zero attached hydrogens (tertiary/aromatic N) is 3. The van der Waals surface area contributed by atoms with Gasteiger partial charge in [0.25, 0.3) is 0 Å². The lowest BCUT2D eigenvalue weighted by Crippen LogP contribution is -2.05. The lowest BCUT2D eigenvalue weighted by atomic mass is 10.2. The van der Waals surface area contributed by atoms with E-state index in [-0.39, 0.29) is 0 Å². The van der Waals surface area contributed by atoms with Crippen molar-refractivity contribution < 1.29 is 4.52 Å². The Kier molecular flexibility index (Phi) is 2.45. The predicted octanol–water partition coefficient (Wildman–Crippen LogP) is 1.64. The molecule has 0 aliphatic carbocycles. The third kappa shape index (κ3) is 1.86. The fourth-order valence-corrected chi connectivity index (χ4v) is 1.46. The largest absolute Gasteiger partial charge is 0.361 e. The van der Waals surface area contributed by atoms with Crippen molar-refractivity contribution in [1.82, 2.24) is 14.7 Å². The number of hydrogen-bond acceptors (Lipinski definition) is 4. The average molecular weight is 206 g/mol. The van der Waals surface area contributed by atoms with Crippen LogP contribution in [0, 0.1) is 13.8 Å². The Labute approximate surface area is 88.1 Å². The first-order valence-electron chi connectivity index (χ1n) is 4.81. The maximum atomic E-state index is 5.08. The summed E-state index contributed by atoms with van der Waals surface area (Å²) in [7, 11) is 1.95. The van der Waals surface area contributed by atoms with Crippen LogP contribution in [0.5, 0.6) is 0 Å². The van der Waals surface area contributed by atoms with Gasteiger partial charge in [0.05, 0.1) is 5.69 Å². The molecular formula is C10H14N4O. The number of rotatable bonds is 3. The summed E-state index contributed by atoms with van der Waals surface area (Å²) in [6.45, 7) is 4.54. The summed E-state index contributed by atoms with van der Waals surface area (Å²) < 4.78 is 7.01. The number of aryl methyl sites for hydroxylation is 3.